The van der Waals surface area contributed by atoms with Crippen LogP contribution in [0.15, 0.2) is 36.4 Å². The van der Waals surface area contributed by atoms with E-state index in [4.69, 9.17) is 4.98 Å². The molecule has 1 saturated heterocycles. The van der Waals surface area contributed by atoms with Crippen LogP contribution in [0.3, 0.4) is 0 Å². The number of carbonyl (C=O) groups is 3. The first kappa shape index (κ1) is 19.0. The molecule has 154 valence electrons. The van der Waals surface area contributed by atoms with E-state index in [0.29, 0.717) is 12.1 Å². The maximum absolute atomic E-state index is 13.1. The molecule has 6 nitrogen and oxygen atoms in total. The van der Waals surface area contributed by atoms with Crippen molar-refractivity contribution in [2.24, 2.45) is 5.92 Å². The lowest BCUT2D eigenvalue weighted by Gasteiger charge is -2.37. The Morgan fingerprint density at radius 2 is 1.83 bits per heavy atom. The lowest BCUT2D eigenvalue weighted by atomic mass is 9.64. The number of rotatable bonds is 3. The summed E-state index contributed by atoms with van der Waals surface area (Å²) in [5.41, 5.74) is 3.78. The van der Waals surface area contributed by atoms with Crippen molar-refractivity contribution in [2.75, 3.05) is 5.32 Å². The van der Waals surface area contributed by atoms with Crippen LogP contribution in [0.1, 0.15) is 54.6 Å². The largest absolute Gasteiger partial charge is 0.326 e. The van der Waals surface area contributed by atoms with Crippen molar-refractivity contribution in [1.29, 1.82) is 0 Å². The molecule has 0 radical (unpaired) electrons. The Hall–Kier alpha value is -3.02. The van der Waals surface area contributed by atoms with Gasteiger partial charge in [-0.3, -0.25) is 24.7 Å². The monoisotopic (exact) mass is 403 g/mol. The van der Waals surface area contributed by atoms with Gasteiger partial charge in [-0.25, -0.2) is 0 Å². The molecule has 2 heterocycles. The topological polar surface area (TPSA) is 88.2 Å². The van der Waals surface area contributed by atoms with E-state index in [0.717, 1.165) is 49.1 Å². The number of fused-ring (bicyclic) bond motifs is 3. The average molecular weight is 403 g/mol. The smallest absolute Gasteiger partial charge is 0.239 e. The molecule has 1 aromatic carbocycles. The van der Waals surface area contributed by atoms with E-state index in [1.165, 1.54) is 12.0 Å². The van der Waals surface area contributed by atoms with Crippen molar-refractivity contribution in [3.63, 3.8) is 0 Å². The van der Waals surface area contributed by atoms with Crippen LogP contribution in [-0.4, -0.2) is 22.7 Å². The minimum atomic E-state index is -1.04. The van der Waals surface area contributed by atoms with Crippen LogP contribution < -0.4 is 10.6 Å². The lowest BCUT2D eigenvalue weighted by Crippen LogP contribution is -2.45. The van der Waals surface area contributed by atoms with E-state index in [2.05, 4.69) is 16.7 Å². The number of hydrogen-bond acceptors (Lipinski definition) is 4. The maximum atomic E-state index is 13.1. The number of aromatic nitrogens is 1. The summed E-state index contributed by atoms with van der Waals surface area (Å²) < 4.78 is 0. The van der Waals surface area contributed by atoms with E-state index in [9.17, 15) is 14.4 Å². The van der Waals surface area contributed by atoms with Gasteiger partial charge in [0.05, 0.1) is 11.6 Å². The number of nitrogens with zero attached hydrogens (tertiary/aromatic N) is 1. The molecule has 2 atom stereocenters. The number of anilines is 1. The number of nitrogens with one attached hydrogen (secondary N) is 2. The molecule has 2 aromatic rings. The predicted molar refractivity (Wildman–Crippen MR) is 112 cm³/mol. The van der Waals surface area contributed by atoms with E-state index in [1.54, 1.807) is 12.1 Å². The SMILES string of the molecule is O=C(C[C@H]1C(=O)NC(=O)[C@@]12CCCc1cc3c(nc12)CCCC3)Nc1ccccc1. The molecule has 3 amide bonds. The first-order chi connectivity index (χ1) is 14.6. The third-order valence-electron chi connectivity index (χ3n) is 6.82. The summed E-state index contributed by atoms with van der Waals surface area (Å²) in [5.74, 6) is -1.66. The van der Waals surface area contributed by atoms with Crippen LogP contribution >= 0.6 is 0 Å². The standard InChI is InChI=1S/C24H25N3O3/c28-20(25-17-9-2-1-3-10-17)14-18-22(29)27-23(30)24(18)12-6-8-16-13-15-7-4-5-11-19(15)26-21(16)24/h1-3,9-10,13,18H,4-8,11-12,14H2,(H,25,28)(H,27,29,30)/t18-,24-/m0/s1. The molecule has 30 heavy (non-hydrogen) atoms. The minimum absolute atomic E-state index is 0.0370. The zero-order valence-corrected chi connectivity index (χ0v) is 16.9. The van der Waals surface area contributed by atoms with Gasteiger partial charge in [-0.15, -0.1) is 0 Å². The van der Waals surface area contributed by atoms with Gasteiger partial charge in [0.25, 0.3) is 0 Å². The Labute approximate surface area is 175 Å². The molecule has 0 bridgehead atoms. The number of amides is 3. The van der Waals surface area contributed by atoms with E-state index in [1.807, 2.05) is 18.2 Å². The molecule has 1 aliphatic heterocycles. The Morgan fingerprint density at radius 1 is 1.07 bits per heavy atom. The molecule has 3 aliphatic rings. The second kappa shape index (κ2) is 7.35. The number of para-hydroxylation sites is 1. The van der Waals surface area contributed by atoms with Gasteiger partial charge in [0.2, 0.25) is 17.7 Å². The Morgan fingerprint density at radius 3 is 2.67 bits per heavy atom. The fourth-order valence-corrected chi connectivity index (χ4v) is 5.37. The summed E-state index contributed by atoms with van der Waals surface area (Å²) in [6.07, 6.45) is 6.38. The Balaban J connectivity index is 1.51. The van der Waals surface area contributed by atoms with Crippen LogP contribution in [0.4, 0.5) is 5.69 Å². The van der Waals surface area contributed by atoms with E-state index in [-0.39, 0.29) is 24.1 Å². The van der Waals surface area contributed by atoms with Crippen molar-refractivity contribution >= 4 is 23.4 Å². The number of aryl methyl sites for hydroxylation is 3. The fraction of sp³-hybridized carbons (Fsp3) is 0.417. The van der Waals surface area contributed by atoms with Crippen LogP contribution in [-0.2, 0) is 39.1 Å². The van der Waals surface area contributed by atoms with Gasteiger partial charge < -0.3 is 5.32 Å². The van der Waals surface area contributed by atoms with Gasteiger partial charge in [-0.05, 0) is 68.2 Å². The molecule has 2 aliphatic carbocycles. The fourth-order valence-electron chi connectivity index (χ4n) is 5.37. The third kappa shape index (κ3) is 3.02. The summed E-state index contributed by atoms with van der Waals surface area (Å²) in [7, 11) is 0. The van der Waals surface area contributed by atoms with Gasteiger partial charge >= 0.3 is 0 Å². The average Bonchev–Trinajstić information content (AvgIpc) is 2.98. The quantitative estimate of drug-likeness (QED) is 0.772. The van der Waals surface area contributed by atoms with Crippen molar-refractivity contribution in [3.05, 3.63) is 58.9 Å². The highest BCUT2D eigenvalue weighted by Crippen LogP contribution is 2.47. The normalized spacial score (nSPS) is 24.9. The van der Waals surface area contributed by atoms with Crippen LogP contribution in [0.5, 0.6) is 0 Å². The molecular weight excluding hydrogens is 378 g/mol. The maximum Gasteiger partial charge on any atom is 0.239 e. The predicted octanol–water partition coefficient (Wildman–Crippen LogP) is 2.84. The van der Waals surface area contributed by atoms with Crippen molar-refractivity contribution in [2.45, 2.75) is 56.8 Å². The van der Waals surface area contributed by atoms with Gasteiger partial charge in [0.1, 0.15) is 5.41 Å². The second-order valence-corrected chi connectivity index (χ2v) is 8.62. The number of pyridine rings is 1. The molecule has 2 N–H and O–H groups in total. The molecule has 1 spiro atoms. The van der Waals surface area contributed by atoms with E-state index >= 15 is 0 Å². The molecule has 0 saturated carbocycles. The van der Waals surface area contributed by atoms with Crippen LogP contribution in [0, 0.1) is 5.92 Å². The number of hydrogen-bond donors (Lipinski definition) is 2. The van der Waals surface area contributed by atoms with Gasteiger partial charge in [-0.2, -0.15) is 0 Å². The van der Waals surface area contributed by atoms with Crippen LogP contribution in [0.2, 0.25) is 0 Å². The zero-order chi connectivity index (χ0) is 20.7. The highest BCUT2D eigenvalue weighted by Gasteiger charge is 2.59. The highest BCUT2D eigenvalue weighted by molar-refractivity contribution is 6.12. The Kier molecular flexibility index (Phi) is 4.65. The van der Waals surface area contributed by atoms with Crippen molar-refractivity contribution in [1.82, 2.24) is 10.3 Å². The summed E-state index contributed by atoms with van der Waals surface area (Å²) in [6.45, 7) is 0. The second-order valence-electron chi connectivity index (χ2n) is 8.62. The Bertz CT molecular complexity index is 1030. The number of imide groups is 1. The first-order valence-corrected chi connectivity index (χ1v) is 10.8. The molecule has 1 aromatic heterocycles. The zero-order valence-electron chi connectivity index (χ0n) is 16.9. The summed E-state index contributed by atoms with van der Waals surface area (Å²) in [6, 6.07) is 11.4. The minimum Gasteiger partial charge on any atom is -0.326 e. The van der Waals surface area contributed by atoms with Gasteiger partial charge in [-0.1, -0.05) is 24.3 Å². The molecule has 6 heteroatoms. The highest BCUT2D eigenvalue weighted by atomic mass is 16.2. The molecular formula is C24H25N3O3. The summed E-state index contributed by atoms with van der Waals surface area (Å²) >= 11 is 0. The lowest BCUT2D eigenvalue weighted by molar-refractivity contribution is -0.127. The van der Waals surface area contributed by atoms with Crippen molar-refractivity contribution < 1.29 is 14.4 Å². The third-order valence-corrected chi connectivity index (χ3v) is 6.82. The van der Waals surface area contributed by atoms with Gasteiger partial charge in [0.15, 0.2) is 0 Å². The number of carbonyl (C=O) groups excluding carboxylic acids is 3. The van der Waals surface area contributed by atoms with Crippen LogP contribution in [0.25, 0.3) is 0 Å². The first-order valence-electron chi connectivity index (χ1n) is 10.8. The molecule has 1 fully saturated rings. The van der Waals surface area contributed by atoms with Gasteiger partial charge in [0, 0.05) is 17.8 Å². The van der Waals surface area contributed by atoms with E-state index < -0.39 is 11.3 Å². The molecule has 0 unspecified atom stereocenters. The van der Waals surface area contributed by atoms with Crippen molar-refractivity contribution in [3.8, 4) is 0 Å². The molecule has 5 rings (SSSR count). The summed E-state index contributed by atoms with van der Waals surface area (Å²) in [4.78, 5) is 43.7. The number of benzene rings is 1. The summed E-state index contributed by atoms with van der Waals surface area (Å²) in [5, 5.41) is 5.37.